The molecule has 20 heavy (non-hydrogen) atoms. The molecular formula is C15H12N2O3. The Morgan fingerprint density at radius 2 is 1.40 bits per heavy atom. The van der Waals surface area contributed by atoms with Crippen LogP contribution in [-0.2, 0) is 4.79 Å². The van der Waals surface area contributed by atoms with Gasteiger partial charge in [0.1, 0.15) is 0 Å². The zero-order valence-corrected chi connectivity index (χ0v) is 10.5. The molecule has 1 N–H and O–H groups in total. The highest BCUT2D eigenvalue weighted by atomic mass is 16.5. The van der Waals surface area contributed by atoms with Gasteiger partial charge < -0.3 is 0 Å². The van der Waals surface area contributed by atoms with E-state index >= 15 is 0 Å². The molecule has 0 radical (unpaired) electrons. The van der Waals surface area contributed by atoms with E-state index in [2.05, 4.69) is 0 Å². The van der Waals surface area contributed by atoms with Crippen LogP contribution < -0.4 is 4.90 Å². The van der Waals surface area contributed by atoms with Gasteiger partial charge in [0, 0.05) is 0 Å². The van der Waals surface area contributed by atoms with Gasteiger partial charge in [0.05, 0.1) is 5.69 Å². The lowest BCUT2D eigenvalue weighted by molar-refractivity contribution is -0.128. The summed E-state index contributed by atoms with van der Waals surface area (Å²) in [4.78, 5) is 25.5. The summed E-state index contributed by atoms with van der Waals surface area (Å²) in [6.07, 6.45) is 0. The summed E-state index contributed by atoms with van der Waals surface area (Å²) in [5.41, 5.74) is 1.02. The summed E-state index contributed by atoms with van der Waals surface area (Å²) in [6.45, 7) is 0. The largest absolute Gasteiger partial charge is 0.356 e. The van der Waals surface area contributed by atoms with Crippen LogP contribution in [0.25, 0.3) is 0 Å². The maximum absolute atomic E-state index is 12.4. The van der Waals surface area contributed by atoms with E-state index in [9.17, 15) is 14.8 Å². The van der Waals surface area contributed by atoms with Gasteiger partial charge in [-0.2, -0.15) is 5.06 Å². The minimum atomic E-state index is -0.996. The quantitative estimate of drug-likeness (QED) is 0.672. The van der Waals surface area contributed by atoms with E-state index in [0.29, 0.717) is 16.3 Å². The van der Waals surface area contributed by atoms with Crippen LogP contribution in [0.5, 0.6) is 0 Å². The maximum Gasteiger partial charge on any atom is 0.356 e. The fourth-order valence-electron chi connectivity index (χ4n) is 2.27. The number of nitrogens with zero attached hydrogens (tertiary/aromatic N) is 2. The first kappa shape index (κ1) is 12.4. The molecule has 1 heterocycles. The fraction of sp³-hybridized carbons (Fsp3) is 0.0667. The summed E-state index contributed by atoms with van der Waals surface area (Å²) in [5, 5.41) is 10.4. The molecule has 3 amide bonds. The van der Waals surface area contributed by atoms with Gasteiger partial charge in [0.25, 0.3) is 5.91 Å². The van der Waals surface area contributed by atoms with Crippen molar-refractivity contribution in [2.24, 2.45) is 0 Å². The molecule has 0 saturated carbocycles. The van der Waals surface area contributed by atoms with E-state index in [1.165, 1.54) is 0 Å². The van der Waals surface area contributed by atoms with Crippen molar-refractivity contribution >= 4 is 17.6 Å². The summed E-state index contributed by atoms with van der Waals surface area (Å²) in [6, 6.07) is 15.5. The molecule has 2 aromatic carbocycles. The summed E-state index contributed by atoms with van der Waals surface area (Å²) in [7, 11) is 0. The summed E-state index contributed by atoms with van der Waals surface area (Å²) < 4.78 is 0. The first-order valence-corrected chi connectivity index (χ1v) is 6.16. The molecule has 2 aromatic rings. The lowest BCUT2D eigenvalue weighted by Crippen LogP contribution is -2.31. The van der Waals surface area contributed by atoms with E-state index in [-0.39, 0.29) is 0 Å². The molecule has 0 aromatic heterocycles. The smallest absolute Gasteiger partial charge is 0.283 e. The molecule has 1 fully saturated rings. The molecule has 5 heteroatoms. The Labute approximate surface area is 115 Å². The van der Waals surface area contributed by atoms with Gasteiger partial charge in [-0.15, -0.1) is 0 Å². The van der Waals surface area contributed by atoms with Gasteiger partial charge in [-0.1, -0.05) is 48.5 Å². The number of anilines is 1. The zero-order chi connectivity index (χ0) is 14.1. The predicted octanol–water partition coefficient (Wildman–Crippen LogP) is 2.59. The first-order chi connectivity index (χ1) is 9.70. The monoisotopic (exact) mass is 268 g/mol. The van der Waals surface area contributed by atoms with Gasteiger partial charge in [-0.25, -0.2) is 9.69 Å². The Morgan fingerprint density at radius 1 is 0.850 bits per heavy atom. The van der Waals surface area contributed by atoms with E-state index in [1.54, 1.807) is 60.7 Å². The number of carbonyl (C=O) groups excluding carboxylic acids is 2. The second-order valence-corrected chi connectivity index (χ2v) is 4.45. The molecule has 1 aliphatic heterocycles. The van der Waals surface area contributed by atoms with Crippen molar-refractivity contribution < 1.29 is 14.8 Å². The third-order valence-electron chi connectivity index (χ3n) is 3.22. The molecule has 0 aliphatic carbocycles. The predicted molar refractivity (Wildman–Crippen MR) is 72.1 cm³/mol. The topological polar surface area (TPSA) is 60.9 Å². The summed E-state index contributed by atoms with van der Waals surface area (Å²) >= 11 is 0. The van der Waals surface area contributed by atoms with Crippen molar-refractivity contribution in [2.45, 2.75) is 6.04 Å². The Kier molecular flexibility index (Phi) is 2.96. The number of imide groups is 1. The van der Waals surface area contributed by atoms with Crippen molar-refractivity contribution in [3.05, 3.63) is 66.2 Å². The Bertz CT molecular complexity index is 643. The van der Waals surface area contributed by atoms with Crippen LogP contribution in [0.2, 0.25) is 0 Å². The molecule has 0 bridgehead atoms. The number of urea groups is 1. The van der Waals surface area contributed by atoms with Crippen molar-refractivity contribution in [3.8, 4) is 0 Å². The average Bonchev–Trinajstić information content (AvgIpc) is 2.71. The van der Waals surface area contributed by atoms with Crippen molar-refractivity contribution in [1.29, 1.82) is 0 Å². The van der Waals surface area contributed by atoms with Crippen LogP contribution in [0.3, 0.4) is 0 Å². The molecule has 100 valence electrons. The van der Waals surface area contributed by atoms with Crippen LogP contribution in [0, 0.1) is 0 Å². The molecular weight excluding hydrogens is 256 g/mol. The zero-order valence-electron chi connectivity index (χ0n) is 10.5. The third kappa shape index (κ3) is 1.85. The number of hydroxylamine groups is 2. The summed E-state index contributed by atoms with van der Waals surface area (Å²) in [5.74, 6) is -0.463. The molecule has 5 nitrogen and oxygen atoms in total. The molecule has 1 unspecified atom stereocenters. The fourth-order valence-corrected chi connectivity index (χ4v) is 2.27. The third-order valence-corrected chi connectivity index (χ3v) is 3.22. The van der Waals surface area contributed by atoms with Crippen LogP contribution in [0.1, 0.15) is 11.6 Å². The van der Waals surface area contributed by atoms with Crippen LogP contribution >= 0.6 is 0 Å². The highest BCUT2D eigenvalue weighted by molar-refractivity contribution is 6.20. The van der Waals surface area contributed by atoms with Crippen molar-refractivity contribution in [1.82, 2.24) is 5.06 Å². The number of rotatable bonds is 2. The minimum Gasteiger partial charge on any atom is -0.283 e. The Morgan fingerprint density at radius 3 is 2.00 bits per heavy atom. The van der Waals surface area contributed by atoms with Gasteiger partial charge in [-0.3, -0.25) is 10.0 Å². The first-order valence-electron chi connectivity index (χ1n) is 6.16. The number of hydrogen-bond donors (Lipinski definition) is 1. The van der Waals surface area contributed by atoms with Crippen LogP contribution in [0.4, 0.5) is 10.5 Å². The molecule has 1 aliphatic rings. The van der Waals surface area contributed by atoms with Gasteiger partial charge >= 0.3 is 6.03 Å². The Hall–Kier alpha value is -2.66. The van der Waals surface area contributed by atoms with Crippen LogP contribution in [-0.4, -0.2) is 22.2 Å². The van der Waals surface area contributed by atoms with E-state index in [1.807, 2.05) is 0 Å². The highest BCUT2D eigenvalue weighted by Crippen LogP contribution is 2.32. The van der Waals surface area contributed by atoms with Gasteiger partial charge in [0.2, 0.25) is 0 Å². The number of para-hydroxylation sites is 1. The second-order valence-electron chi connectivity index (χ2n) is 4.45. The van der Waals surface area contributed by atoms with Gasteiger partial charge in [0.15, 0.2) is 6.04 Å². The van der Waals surface area contributed by atoms with Crippen LogP contribution in [0.15, 0.2) is 60.7 Å². The van der Waals surface area contributed by atoms with E-state index in [0.717, 1.165) is 4.90 Å². The SMILES string of the molecule is O=C1C(c2ccccc2)N(O)C(=O)N1c1ccccc1. The standard InChI is InChI=1S/C15H12N2O3/c18-14-13(11-7-3-1-4-8-11)17(20)15(19)16(14)12-9-5-2-6-10-12/h1-10,13,20H. The normalized spacial score (nSPS) is 18.8. The number of amides is 3. The molecule has 1 saturated heterocycles. The second kappa shape index (κ2) is 4.79. The minimum absolute atomic E-state index is 0.444. The lowest BCUT2D eigenvalue weighted by Gasteiger charge is -2.13. The van der Waals surface area contributed by atoms with E-state index in [4.69, 9.17) is 0 Å². The molecule has 1 atom stereocenters. The maximum atomic E-state index is 12.4. The highest BCUT2D eigenvalue weighted by Gasteiger charge is 2.46. The Balaban J connectivity index is 2.01. The average molecular weight is 268 g/mol. The lowest BCUT2D eigenvalue weighted by atomic mass is 10.1. The van der Waals surface area contributed by atoms with Gasteiger partial charge in [-0.05, 0) is 17.7 Å². The number of carbonyl (C=O) groups is 2. The number of hydrogen-bond acceptors (Lipinski definition) is 3. The molecule has 0 spiro atoms. The van der Waals surface area contributed by atoms with E-state index < -0.39 is 18.0 Å². The molecule has 3 rings (SSSR count). The van der Waals surface area contributed by atoms with Crippen molar-refractivity contribution in [2.75, 3.05) is 4.90 Å². The number of benzene rings is 2. The van der Waals surface area contributed by atoms with Crippen molar-refractivity contribution in [3.63, 3.8) is 0 Å².